The highest BCUT2D eigenvalue weighted by molar-refractivity contribution is 7.89. The Bertz CT molecular complexity index is 1220. The number of hydrogen-bond donors (Lipinski definition) is 0. The number of thiazole rings is 1. The highest BCUT2D eigenvalue weighted by atomic mass is 32.2. The Morgan fingerprint density at radius 2 is 1.53 bits per heavy atom. The van der Waals surface area contributed by atoms with E-state index in [9.17, 15) is 8.42 Å². The van der Waals surface area contributed by atoms with Crippen LogP contribution in [0.1, 0.15) is 39.1 Å². The zero-order valence-corrected chi connectivity index (χ0v) is 21.1. The van der Waals surface area contributed by atoms with Crippen molar-refractivity contribution in [2.45, 2.75) is 45.9 Å². The number of anilines is 1. The van der Waals surface area contributed by atoms with E-state index in [1.165, 1.54) is 16.7 Å². The van der Waals surface area contributed by atoms with Crippen molar-refractivity contribution in [2.75, 3.05) is 31.1 Å². The Hall–Kier alpha value is -2.22. The van der Waals surface area contributed by atoms with Crippen molar-refractivity contribution in [3.05, 3.63) is 74.8 Å². The molecule has 1 fully saturated rings. The van der Waals surface area contributed by atoms with Crippen LogP contribution in [0.25, 0.3) is 0 Å². The maximum atomic E-state index is 13.3. The van der Waals surface area contributed by atoms with Gasteiger partial charge < -0.3 is 4.90 Å². The van der Waals surface area contributed by atoms with E-state index in [-0.39, 0.29) is 0 Å². The van der Waals surface area contributed by atoms with Gasteiger partial charge in [0.05, 0.1) is 10.6 Å². The fraction of sp³-hybridized carbons (Fsp3) is 0.400. The van der Waals surface area contributed by atoms with Gasteiger partial charge in [-0.3, -0.25) is 0 Å². The number of rotatable bonds is 5. The molecule has 0 N–H and O–H groups in total. The van der Waals surface area contributed by atoms with Gasteiger partial charge in [0.1, 0.15) is 0 Å². The summed E-state index contributed by atoms with van der Waals surface area (Å²) in [4.78, 5) is 7.53. The first-order valence-corrected chi connectivity index (χ1v) is 13.3. The summed E-state index contributed by atoms with van der Waals surface area (Å²) in [5, 5.41) is 3.10. The number of aryl methyl sites for hydroxylation is 5. The highest BCUT2D eigenvalue weighted by Gasteiger charge is 2.31. The number of hydrogen-bond acceptors (Lipinski definition) is 5. The zero-order valence-electron chi connectivity index (χ0n) is 19.5. The molecule has 3 aromatic rings. The van der Waals surface area contributed by atoms with Crippen molar-refractivity contribution in [3.63, 3.8) is 0 Å². The lowest BCUT2D eigenvalue weighted by atomic mass is 10.0. The van der Waals surface area contributed by atoms with Crippen LogP contribution in [0, 0.1) is 34.6 Å². The third-order valence-corrected chi connectivity index (χ3v) is 9.28. The van der Waals surface area contributed by atoms with E-state index in [2.05, 4.69) is 42.3 Å². The molecule has 1 aromatic heterocycles. The molecule has 4 rings (SSSR count). The van der Waals surface area contributed by atoms with Crippen LogP contribution in [-0.2, 0) is 16.4 Å². The van der Waals surface area contributed by atoms with Gasteiger partial charge in [0.15, 0.2) is 5.13 Å². The van der Waals surface area contributed by atoms with Gasteiger partial charge in [-0.05, 0) is 56.9 Å². The third-order valence-electron chi connectivity index (χ3n) is 6.13. The molecule has 2 aromatic carbocycles. The highest BCUT2D eigenvalue weighted by Crippen LogP contribution is 2.28. The minimum atomic E-state index is -3.50. The lowest BCUT2D eigenvalue weighted by Crippen LogP contribution is -2.48. The largest absolute Gasteiger partial charge is 0.345 e. The summed E-state index contributed by atoms with van der Waals surface area (Å²) in [7, 11) is -3.50. The van der Waals surface area contributed by atoms with Crippen molar-refractivity contribution in [1.29, 1.82) is 0 Å². The number of sulfonamides is 1. The number of piperazine rings is 1. The van der Waals surface area contributed by atoms with Crippen LogP contribution in [0.2, 0.25) is 0 Å². The van der Waals surface area contributed by atoms with E-state index in [0.717, 1.165) is 33.9 Å². The molecule has 1 saturated heterocycles. The van der Waals surface area contributed by atoms with Crippen LogP contribution in [-0.4, -0.2) is 43.9 Å². The molecule has 0 atom stereocenters. The number of benzene rings is 2. The van der Waals surface area contributed by atoms with Crippen molar-refractivity contribution < 1.29 is 8.42 Å². The van der Waals surface area contributed by atoms with Gasteiger partial charge in [0.25, 0.3) is 0 Å². The summed E-state index contributed by atoms with van der Waals surface area (Å²) in [6.45, 7) is 12.3. The minimum Gasteiger partial charge on any atom is -0.345 e. The van der Waals surface area contributed by atoms with Gasteiger partial charge in [-0.25, -0.2) is 13.4 Å². The van der Waals surface area contributed by atoms with Crippen molar-refractivity contribution in [1.82, 2.24) is 9.29 Å². The monoisotopic (exact) mass is 469 g/mol. The Morgan fingerprint density at radius 3 is 2.19 bits per heavy atom. The van der Waals surface area contributed by atoms with Gasteiger partial charge in [-0.15, -0.1) is 11.3 Å². The van der Waals surface area contributed by atoms with Crippen molar-refractivity contribution in [2.24, 2.45) is 0 Å². The lowest BCUT2D eigenvalue weighted by molar-refractivity contribution is 0.384. The molecular formula is C25H31N3O2S2. The quantitative estimate of drug-likeness (QED) is 0.539. The second-order valence-electron chi connectivity index (χ2n) is 8.85. The summed E-state index contributed by atoms with van der Waals surface area (Å²) < 4.78 is 28.3. The Morgan fingerprint density at radius 1 is 0.875 bits per heavy atom. The molecule has 0 bridgehead atoms. The first kappa shape index (κ1) is 23.0. The fourth-order valence-corrected chi connectivity index (χ4v) is 7.24. The van der Waals surface area contributed by atoms with Gasteiger partial charge >= 0.3 is 0 Å². The van der Waals surface area contributed by atoms with Gasteiger partial charge in [0, 0.05) is 38.0 Å². The molecule has 1 aliphatic heterocycles. The number of aromatic nitrogens is 1. The molecule has 0 saturated carbocycles. The minimum absolute atomic E-state index is 0.460. The van der Waals surface area contributed by atoms with Crippen LogP contribution < -0.4 is 4.90 Å². The predicted molar refractivity (Wildman–Crippen MR) is 132 cm³/mol. The van der Waals surface area contributed by atoms with Crippen LogP contribution in [0.4, 0.5) is 5.13 Å². The molecular weight excluding hydrogens is 438 g/mol. The molecule has 5 nitrogen and oxygen atoms in total. The summed E-state index contributed by atoms with van der Waals surface area (Å²) in [6, 6.07) is 10.4. The summed E-state index contributed by atoms with van der Waals surface area (Å²) in [5.41, 5.74) is 7.65. The van der Waals surface area contributed by atoms with E-state index in [0.29, 0.717) is 31.1 Å². The average molecular weight is 470 g/mol. The van der Waals surface area contributed by atoms with Crippen LogP contribution in [0.3, 0.4) is 0 Å². The normalized spacial score (nSPS) is 15.3. The Balaban J connectivity index is 1.45. The van der Waals surface area contributed by atoms with E-state index in [1.54, 1.807) is 15.6 Å². The number of nitrogens with zero attached hydrogens (tertiary/aromatic N) is 3. The molecule has 0 amide bonds. The molecule has 0 unspecified atom stereocenters. The molecule has 170 valence electrons. The van der Waals surface area contributed by atoms with Crippen LogP contribution >= 0.6 is 11.3 Å². The third kappa shape index (κ3) is 4.60. The van der Waals surface area contributed by atoms with Crippen LogP contribution in [0.15, 0.2) is 40.6 Å². The standard InChI is InChI=1S/C25H31N3O2S2/c1-17-6-7-19(3)22(14-17)15-23-16-31-25(26-23)27-8-10-28(11-9-27)32(29,30)24-20(4)12-18(2)13-21(24)5/h6-7,12-14,16H,8-11,15H2,1-5H3. The lowest BCUT2D eigenvalue weighted by Gasteiger charge is -2.34. The molecule has 32 heavy (non-hydrogen) atoms. The second-order valence-corrected chi connectivity index (χ2v) is 11.6. The van der Waals surface area contributed by atoms with Crippen LogP contribution in [0.5, 0.6) is 0 Å². The fourth-order valence-electron chi connectivity index (χ4n) is 4.53. The average Bonchev–Trinajstić information content (AvgIpc) is 3.18. The van der Waals surface area contributed by atoms with Gasteiger partial charge in [-0.1, -0.05) is 41.5 Å². The topological polar surface area (TPSA) is 53.5 Å². The summed E-state index contributed by atoms with van der Waals surface area (Å²) in [6.07, 6.45) is 0.824. The first-order chi connectivity index (χ1) is 15.1. The second kappa shape index (κ2) is 8.96. The first-order valence-electron chi connectivity index (χ1n) is 11.0. The summed E-state index contributed by atoms with van der Waals surface area (Å²) >= 11 is 1.64. The molecule has 0 aliphatic carbocycles. The summed E-state index contributed by atoms with van der Waals surface area (Å²) in [5.74, 6) is 0. The van der Waals surface area contributed by atoms with E-state index in [4.69, 9.17) is 4.98 Å². The SMILES string of the molecule is Cc1cc(C)c(S(=O)(=O)N2CCN(c3nc(Cc4cc(C)ccc4C)cs3)CC2)c(C)c1. The van der Waals surface area contributed by atoms with Crippen molar-refractivity contribution >= 4 is 26.5 Å². The van der Waals surface area contributed by atoms with E-state index >= 15 is 0 Å². The molecule has 0 radical (unpaired) electrons. The maximum absolute atomic E-state index is 13.3. The Kier molecular flexibility index (Phi) is 6.43. The van der Waals surface area contributed by atoms with Gasteiger partial charge in [0.2, 0.25) is 10.0 Å². The molecule has 7 heteroatoms. The molecule has 0 spiro atoms. The zero-order chi connectivity index (χ0) is 23.0. The Labute approximate surface area is 195 Å². The van der Waals surface area contributed by atoms with E-state index in [1.807, 2.05) is 32.9 Å². The maximum Gasteiger partial charge on any atom is 0.243 e. The predicted octanol–water partition coefficient (Wildman–Crippen LogP) is 4.79. The van der Waals surface area contributed by atoms with Gasteiger partial charge in [-0.2, -0.15) is 4.31 Å². The smallest absolute Gasteiger partial charge is 0.243 e. The van der Waals surface area contributed by atoms with Crippen molar-refractivity contribution in [3.8, 4) is 0 Å². The molecule has 2 heterocycles. The van der Waals surface area contributed by atoms with E-state index < -0.39 is 10.0 Å². The molecule has 1 aliphatic rings.